The number of carbonyl (C=O) groups excluding carboxylic acids is 1. The van der Waals surface area contributed by atoms with Crippen molar-refractivity contribution in [2.75, 3.05) is 12.4 Å². The van der Waals surface area contributed by atoms with E-state index in [0.29, 0.717) is 30.4 Å². The van der Waals surface area contributed by atoms with Crippen LogP contribution in [0.25, 0.3) is 11.4 Å². The second kappa shape index (κ2) is 9.78. The highest BCUT2D eigenvalue weighted by Gasteiger charge is 2.14. The van der Waals surface area contributed by atoms with E-state index in [9.17, 15) is 4.79 Å². The Bertz CT molecular complexity index is 867. The van der Waals surface area contributed by atoms with Crippen molar-refractivity contribution >= 4 is 17.7 Å². The third kappa shape index (κ3) is 5.59. The number of esters is 1. The van der Waals surface area contributed by atoms with Gasteiger partial charge in [-0.3, -0.25) is 4.79 Å². The highest BCUT2D eigenvalue weighted by Crippen LogP contribution is 2.27. The zero-order valence-electron chi connectivity index (χ0n) is 15.0. The standard InChI is InChI=1S/C20H20N2O4S/c1-2-24-17-11-7-6-10-16(17)20-21-18(26-22-20)14-25-19(23)12-13-27-15-8-4-3-5-9-15/h3-11H,2,12-14H2,1H3. The van der Waals surface area contributed by atoms with Gasteiger partial charge in [0.05, 0.1) is 18.6 Å². The van der Waals surface area contributed by atoms with E-state index in [-0.39, 0.29) is 18.5 Å². The number of benzene rings is 2. The van der Waals surface area contributed by atoms with Gasteiger partial charge < -0.3 is 14.0 Å². The number of carbonyl (C=O) groups is 1. The molecule has 0 aliphatic heterocycles. The summed E-state index contributed by atoms with van der Waals surface area (Å²) in [6, 6.07) is 17.4. The minimum Gasteiger partial charge on any atom is -0.493 e. The number of ether oxygens (including phenoxy) is 2. The van der Waals surface area contributed by atoms with Crippen LogP contribution in [0, 0.1) is 0 Å². The number of aromatic nitrogens is 2. The van der Waals surface area contributed by atoms with Gasteiger partial charge >= 0.3 is 5.97 Å². The van der Waals surface area contributed by atoms with Gasteiger partial charge in [0.15, 0.2) is 6.61 Å². The molecule has 1 heterocycles. The molecule has 0 saturated carbocycles. The van der Waals surface area contributed by atoms with E-state index in [0.717, 1.165) is 10.5 Å². The molecule has 7 heteroatoms. The Kier molecular flexibility index (Phi) is 6.87. The highest BCUT2D eigenvalue weighted by molar-refractivity contribution is 7.99. The van der Waals surface area contributed by atoms with Gasteiger partial charge in [0.1, 0.15) is 5.75 Å². The number of hydrogen-bond donors (Lipinski definition) is 0. The summed E-state index contributed by atoms with van der Waals surface area (Å²) in [5.74, 6) is 1.69. The molecular formula is C20H20N2O4S. The lowest BCUT2D eigenvalue weighted by Gasteiger charge is -2.06. The average molecular weight is 384 g/mol. The molecular weight excluding hydrogens is 364 g/mol. The van der Waals surface area contributed by atoms with Crippen LogP contribution in [0.3, 0.4) is 0 Å². The largest absolute Gasteiger partial charge is 0.493 e. The summed E-state index contributed by atoms with van der Waals surface area (Å²) in [7, 11) is 0. The van der Waals surface area contributed by atoms with Crippen LogP contribution in [0.15, 0.2) is 64.0 Å². The van der Waals surface area contributed by atoms with E-state index < -0.39 is 0 Å². The Hall–Kier alpha value is -2.80. The van der Waals surface area contributed by atoms with Gasteiger partial charge in [-0.05, 0) is 31.2 Å². The van der Waals surface area contributed by atoms with Crippen molar-refractivity contribution in [2.24, 2.45) is 0 Å². The van der Waals surface area contributed by atoms with Gasteiger partial charge in [0, 0.05) is 10.6 Å². The first kappa shape index (κ1) is 19.0. The molecule has 0 saturated heterocycles. The van der Waals surface area contributed by atoms with Crippen LogP contribution in [0.1, 0.15) is 19.2 Å². The van der Waals surface area contributed by atoms with E-state index in [4.69, 9.17) is 14.0 Å². The molecule has 0 radical (unpaired) electrons. The molecule has 3 aromatic rings. The lowest BCUT2D eigenvalue weighted by atomic mass is 10.2. The smallest absolute Gasteiger partial charge is 0.307 e. The lowest BCUT2D eigenvalue weighted by Crippen LogP contribution is -2.05. The zero-order chi connectivity index (χ0) is 18.9. The van der Waals surface area contributed by atoms with Crippen LogP contribution in [-0.2, 0) is 16.1 Å². The van der Waals surface area contributed by atoms with Crippen LogP contribution in [-0.4, -0.2) is 28.5 Å². The molecule has 2 aromatic carbocycles. The van der Waals surface area contributed by atoms with Gasteiger partial charge in [-0.25, -0.2) is 0 Å². The van der Waals surface area contributed by atoms with Crippen molar-refractivity contribution < 1.29 is 18.8 Å². The topological polar surface area (TPSA) is 74.5 Å². The van der Waals surface area contributed by atoms with Crippen molar-refractivity contribution in [3.05, 3.63) is 60.5 Å². The predicted molar refractivity (Wildman–Crippen MR) is 102 cm³/mol. The molecule has 0 atom stereocenters. The molecule has 140 valence electrons. The summed E-state index contributed by atoms with van der Waals surface area (Å²) in [5.41, 5.74) is 0.736. The average Bonchev–Trinajstić information content (AvgIpc) is 3.17. The summed E-state index contributed by atoms with van der Waals surface area (Å²) in [6.45, 7) is 2.41. The van der Waals surface area contributed by atoms with Gasteiger partial charge in [0.25, 0.3) is 5.89 Å². The van der Waals surface area contributed by atoms with Crippen LogP contribution >= 0.6 is 11.8 Å². The second-order valence-corrected chi connectivity index (χ2v) is 6.68. The van der Waals surface area contributed by atoms with Crippen LogP contribution in [0.5, 0.6) is 5.75 Å². The number of hydrogen-bond acceptors (Lipinski definition) is 7. The lowest BCUT2D eigenvalue weighted by molar-refractivity contribution is -0.145. The van der Waals surface area contributed by atoms with E-state index in [1.54, 1.807) is 11.8 Å². The fourth-order valence-corrected chi connectivity index (χ4v) is 3.19. The molecule has 0 N–H and O–H groups in total. The monoisotopic (exact) mass is 384 g/mol. The summed E-state index contributed by atoms with van der Waals surface area (Å²) < 4.78 is 16.0. The molecule has 0 bridgehead atoms. The highest BCUT2D eigenvalue weighted by atomic mass is 32.2. The maximum atomic E-state index is 11.9. The number of rotatable bonds is 9. The van der Waals surface area contributed by atoms with Crippen LogP contribution in [0.2, 0.25) is 0 Å². The molecule has 1 aromatic heterocycles. The maximum Gasteiger partial charge on any atom is 0.307 e. The van der Waals surface area contributed by atoms with Crippen molar-refractivity contribution in [3.8, 4) is 17.1 Å². The molecule has 27 heavy (non-hydrogen) atoms. The molecule has 0 amide bonds. The minimum atomic E-state index is -0.298. The molecule has 0 unspecified atom stereocenters. The first-order valence-corrected chi connectivity index (χ1v) is 9.63. The van der Waals surface area contributed by atoms with E-state index in [1.165, 1.54) is 0 Å². The minimum absolute atomic E-state index is 0.0430. The zero-order valence-corrected chi connectivity index (χ0v) is 15.8. The summed E-state index contributed by atoms with van der Waals surface area (Å²) in [6.07, 6.45) is 0.313. The first-order valence-electron chi connectivity index (χ1n) is 8.64. The van der Waals surface area contributed by atoms with Crippen molar-refractivity contribution in [3.63, 3.8) is 0 Å². The number of thioether (sulfide) groups is 1. The molecule has 0 spiro atoms. The van der Waals surface area contributed by atoms with Crippen molar-refractivity contribution in [2.45, 2.75) is 24.8 Å². The Balaban J connectivity index is 1.49. The Morgan fingerprint density at radius 2 is 1.89 bits per heavy atom. The first-order chi connectivity index (χ1) is 13.3. The third-order valence-corrected chi connectivity index (χ3v) is 4.58. The van der Waals surface area contributed by atoms with E-state index in [1.807, 2.05) is 61.5 Å². The van der Waals surface area contributed by atoms with Gasteiger partial charge in [-0.15, -0.1) is 11.8 Å². The summed E-state index contributed by atoms with van der Waals surface area (Å²) in [4.78, 5) is 17.3. The predicted octanol–water partition coefficient (Wildman–Crippen LogP) is 4.36. The number of para-hydroxylation sites is 1. The third-order valence-electron chi connectivity index (χ3n) is 3.57. The van der Waals surface area contributed by atoms with E-state index >= 15 is 0 Å². The Morgan fingerprint density at radius 3 is 2.70 bits per heavy atom. The molecule has 0 aliphatic carbocycles. The Morgan fingerprint density at radius 1 is 1.11 bits per heavy atom. The number of nitrogens with zero attached hydrogens (tertiary/aromatic N) is 2. The van der Waals surface area contributed by atoms with Gasteiger partial charge in [-0.1, -0.05) is 35.5 Å². The molecule has 0 aliphatic rings. The van der Waals surface area contributed by atoms with Crippen LogP contribution in [0.4, 0.5) is 0 Å². The normalized spacial score (nSPS) is 10.6. The van der Waals surface area contributed by atoms with Gasteiger partial charge in [-0.2, -0.15) is 4.98 Å². The molecule has 0 fully saturated rings. The quantitative estimate of drug-likeness (QED) is 0.401. The maximum absolute atomic E-state index is 11.9. The summed E-state index contributed by atoms with van der Waals surface area (Å²) >= 11 is 1.61. The SMILES string of the molecule is CCOc1ccccc1-c1noc(COC(=O)CCSc2ccccc2)n1. The second-order valence-electron chi connectivity index (χ2n) is 5.51. The molecule has 3 rings (SSSR count). The Labute approximate surface area is 161 Å². The summed E-state index contributed by atoms with van der Waals surface area (Å²) in [5, 5.41) is 3.95. The van der Waals surface area contributed by atoms with Crippen molar-refractivity contribution in [1.29, 1.82) is 0 Å². The van der Waals surface area contributed by atoms with Gasteiger partial charge in [0.2, 0.25) is 5.82 Å². The van der Waals surface area contributed by atoms with E-state index in [2.05, 4.69) is 10.1 Å². The fraction of sp³-hybridized carbons (Fsp3) is 0.250. The van der Waals surface area contributed by atoms with Crippen LogP contribution < -0.4 is 4.74 Å². The molecule has 6 nitrogen and oxygen atoms in total. The van der Waals surface area contributed by atoms with Crippen molar-refractivity contribution in [1.82, 2.24) is 10.1 Å². The fourth-order valence-electron chi connectivity index (χ4n) is 2.34.